The van der Waals surface area contributed by atoms with Crippen LogP contribution in [0.5, 0.6) is 0 Å². The Morgan fingerprint density at radius 3 is 2.48 bits per heavy atom. The molecule has 114 valence electrons. The molecule has 4 nitrogen and oxygen atoms in total. The van der Waals surface area contributed by atoms with Crippen LogP contribution in [-0.4, -0.2) is 34.4 Å². The van der Waals surface area contributed by atoms with Crippen LogP contribution in [0.4, 0.5) is 0 Å². The molecule has 21 heavy (non-hydrogen) atoms. The van der Waals surface area contributed by atoms with E-state index in [1.807, 2.05) is 18.3 Å². The standard InChI is InChI=1S/C17H25N3O/c1-11(2)20(12(3)4)8-7-14-10-19-16-6-5-13(17(18)21)9-15(14)16/h5-6,9-12,19H,7-8H2,1-4H3,(H2,18,21). The van der Waals surface area contributed by atoms with Crippen molar-refractivity contribution in [1.82, 2.24) is 9.88 Å². The number of amides is 1. The lowest BCUT2D eigenvalue weighted by molar-refractivity contribution is 0.100. The number of nitrogens with one attached hydrogen (secondary N) is 1. The molecule has 1 amide bonds. The molecule has 0 bridgehead atoms. The van der Waals surface area contributed by atoms with E-state index in [2.05, 4.69) is 37.6 Å². The molecule has 4 heteroatoms. The molecule has 1 aromatic carbocycles. The SMILES string of the molecule is CC(C)N(CCc1c[nH]c2ccc(C(N)=O)cc12)C(C)C. The number of nitrogens with two attached hydrogens (primary N) is 1. The number of benzene rings is 1. The predicted octanol–water partition coefficient (Wildman–Crippen LogP) is 2.93. The summed E-state index contributed by atoms with van der Waals surface area (Å²) < 4.78 is 0. The average molecular weight is 287 g/mol. The Bertz CT molecular complexity index is 620. The third kappa shape index (κ3) is 3.45. The molecule has 0 spiro atoms. The molecular weight excluding hydrogens is 262 g/mol. The van der Waals surface area contributed by atoms with E-state index in [4.69, 9.17) is 5.73 Å². The molecule has 0 unspecified atom stereocenters. The molecule has 1 heterocycles. The van der Waals surface area contributed by atoms with Crippen molar-refractivity contribution >= 4 is 16.8 Å². The minimum Gasteiger partial charge on any atom is -0.366 e. The fourth-order valence-corrected chi connectivity index (χ4v) is 2.90. The molecule has 0 aliphatic carbocycles. The summed E-state index contributed by atoms with van der Waals surface area (Å²) in [5.74, 6) is -0.380. The van der Waals surface area contributed by atoms with Gasteiger partial charge in [0.2, 0.25) is 5.91 Å². The maximum Gasteiger partial charge on any atom is 0.248 e. The summed E-state index contributed by atoms with van der Waals surface area (Å²) in [5, 5.41) is 1.10. The van der Waals surface area contributed by atoms with Gasteiger partial charge in [0.15, 0.2) is 0 Å². The average Bonchev–Trinajstić information content (AvgIpc) is 2.80. The summed E-state index contributed by atoms with van der Waals surface area (Å²) in [6.07, 6.45) is 2.99. The number of rotatable bonds is 6. The Hall–Kier alpha value is -1.81. The van der Waals surface area contributed by atoms with Crippen LogP contribution in [0.1, 0.15) is 43.6 Å². The number of fused-ring (bicyclic) bond motifs is 1. The van der Waals surface area contributed by atoms with Gasteiger partial charge < -0.3 is 10.7 Å². The molecule has 0 saturated carbocycles. The van der Waals surface area contributed by atoms with E-state index < -0.39 is 0 Å². The normalized spacial score (nSPS) is 12.0. The predicted molar refractivity (Wildman–Crippen MR) is 87.5 cm³/mol. The Labute approximate surface area is 126 Å². The Morgan fingerprint density at radius 2 is 1.90 bits per heavy atom. The first-order valence-electron chi connectivity index (χ1n) is 7.55. The van der Waals surface area contributed by atoms with E-state index in [1.165, 1.54) is 5.56 Å². The van der Waals surface area contributed by atoms with Crippen molar-refractivity contribution in [2.24, 2.45) is 5.73 Å². The first-order chi connectivity index (χ1) is 9.90. The maximum absolute atomic E-state index is 11.3. The zero-order valence-corrected chi connectivity index (χ0v) is 13.3. The van der Waals surface area contributed by atoms with E-state index >= 15 is 0 Å². The van der Waals surface area contributed by atoms with Crippen LogP contribution in [0.25, 0.3) is 10.9 Å². The van der Waals surface area contributed by atoms with Crippen LogP contribution in [0.3, 0.4) is 0 Å². The Morgan fingerprint density at radius 1 is 1.24 bits per heavy atom. The van der Waals surface area contributed by atoms with E-state index in [0.717, 1.165) is 23.9 Å². The highest BCUT2D eigenvalue weighted by atomic mass is 16.1. The van der Waals surface area contributed by atoms with Gasteiger partial charge in [0, 0.05) is 41.3 Å². The quantitative estimate of drug-likeness (QED) is 0.858. The van der Waals surface area contributed by atoms with Crippen molar-refractivity contribution in [3.63, 3.8) is 0 Å². The summed E-state index contributed by atoms with van der Waals surface area (Å²) in [7, 11) is 0. The third-order valence-electron chi connectivity index (χ3n) is 4.02. The lowest BCUT2D eigenvalue weighted by atomic mass is 10.1. The van der Waals surface area contributed by atoms with Gasteiger partial charge in [-0.25, -0.2) is 0 Å². The van der Waals surface area contributed by atoms with E-state index in [1.54, 1.807) is 6.07 Å². The van der Waals surface area contributed by atoms with E-state index in [0.29, 0.717) is 17.6 Å². The fraction of sp³-hybridized carbons (Fsp3) is 0.471. The minimum absolute atomic E-state index is 0.380. The number of carbonyl (C=O) groups excluding carboxylic acids is 1. The zero-order chi connectivity index (χ0) is 15.6. The van der Waals surface area contributed by atoms with E-state index in [9.17, 15) is 4.79 Å². The van der Waals surface area contributed by atoms with Gasteiger partial charge in [-0.15, -0.1) is 0 Å². The highest BCUT2D eigenvalue weighted by Crippen LogP contribution is 2.21. The summed E-state index contributed by atoms with van der Waals surface area (Å²) in [4.78, 5) is 17.1. The molecule has 0 fully saturated rings. The first-order valence-corrected chi connectivity index (χ1v) is 7.55. The van der Waals surface area contributed by atoms with Crippen molar-refractivity contribution in [2.75, 3.05) is 6.54 Å². The van der Waals surface area contributed by atoms with Crippen molar-refractivity contribution in [2.45, 2.75) is 46.2 Å². The fourth-order valence-electron chi connectivity index (χ4n) is 2.90. The highest BCUT2D eigenvalue weighted by Gasteiger charge is 2.14. The van der Waals surface area contributed by atoms with Crippen LogP contribution in [0.15, 0.2) is 24.4 Å². The van der Waals surface area contributed by atoms with Gasteiger partial charge in [-0.1, -0.05) is 0 Å². The molecule has 2 aromatic rings. The minimum atomic E-state index is -0.380. The topological polar surface area (TPSA) is 62.1 Å². The van der Waals surface area contributed by atoms with Gasteiger partial charge in [-0.05, 0) is 57.9 Å². The number of hydrogen-bond donors (Lipinski definition) is 2. The number of aromatic amines is 1. The summed E-state index contributed by atoms with van der Waals surface area (Å²) in [6.45, 7) is 9.89. The van der Waals surface area contributed by atoms with Crippen molar-refractivity contribution in [3.05, 3.63) is 35.5 Å². The largest absolute Gasteiger partial charge is 0.366 e. The van der Waals surface area contributed by atoms with Crippen LogP contribution >= 0.6 is 0 Å². The number of carbonyl (C=O) groups is 1. The molecule has 3 N–H and O–H groups in total. The number of primary amides is 1. The number of nitrogens with zero attached hydrogens (tertiary/aromatic N) is 1. The van der Waals surface area contributed by atoms with Gasteiger partial charge in [0.25, 0.3) is 0 Å². The molecular formula is C17H25N3O. The second kappa shape index (κ2) is 6.31. The van der Waals surface area contributed by atoms with Gasteiger partial charge in [0.05, 0.1) is 0 Å². The van der Waals surface area contributed by atoms with Crippen molar-refractivity contribution < 1.29 is 4.79 Å². The molecule has 0 atom stereocenters. The number of hydrogen-bond acceptors (Lipinski definition) is 2. The lowest BCUT2D eigenvalue weighted by Crippen LogP contribution is -2.38. The maximum atomic E-state index is 11.3. The molecule has 2 rings (SSSR count). The third-order valence-corrected chi connectivity index (χ3v) is 4.02. The molecule has 0 saturated heterocycles. The summed E-state index contributed by atoms with van der Waals surface area (Å²) >= 11 is 0. The number of H-pyrrole nitrogens is 1. The number of aromatic nitrogens is 1. The van der Waals surface area contributed by atoms with Crippen LogP contribution < -0.4 is 5.73 Å². The molecule has 0 aliphatic rings. The van der Waals surface area contributed by atoms with Crippen molar-refractivity contribution in [1.29, 1.82) is 0 Å². The van der Waals surface area contributed by atoms with Crippen molar-refractivity contribution in [3.8, 4) is 0 Å². The zero-order valence-electron chi connectivity index (χ0n) is 13.3. The van der Waals surface area contributed by atoms with E-state index in [-0.39, 0.29) is 5.91 Å². The smallest absolute Gasteiger partial charge is 0.248 e. The first kappa shape index (κ1) is 15.6. The lowest BCUT2D eigenvalue weighted by Gasteiger charge is -2.30. The second-order valence-electron chi connectivity index (χ2n) is 6.11. The van der Waals surface area contributed by atoms with Crippen LogP contribution in [0.2, 0.25) is 0 Å². The van der Waals surface area contributed by atoms with Gasteiger partial charge >= 0.3 is 0 Å². The molecule has 0 radical (unpaired) electrons. The van der Waals surface area contributed by atoms with Gasteiger partial charge in [0.1, 0.15) is 0 Å². The molecule has 0 aliphatic heterocycles. The van der Waals surface area contributed by atoms with Gasteiger partial charge in [-0.3, -0.25) is 9.69 Å². The highest BCUT2D eigenvalue weighted by molar-refractivity contribution is 5.97. The Balaban J connectivity index is 2.22. The van der Waals surface area contributed by atoms with Crippen LogP contribution in [0, 0.1) is 0 Å². The van der Waals surface area contributed by atoms with Gasteiger partial charge in [-0.2, -0.15) is 0 Å². The Kier molecular flexibility index (Phi) is 4.68. The summed E-state index contributed by atoms with van der Waals surface area (Å²) in [5.41, 5.74) is 8.22. The monoisotopic (exact) mass is 287 g/mol. The molecule has 1 aromatic heterocycles. The second-order valence-corrected chi connectivity index (χ2v) is 6.11. The van der Waals surface area contributed by atoms with Crippen LogP contribution in [-0.2, 0) is 6.42 Å². The summed E-state index contributed by atoms with van der Waals surface area (Å²) in [6, 6.07) is 6.62.